The van der Waals surface area contributed by atoms with Gasteiger partial charge in [-0.25, -0.2) is 0 Å². The average Bonchev–Trinajstić information content (AvgIpc) is 2.97. The average molecular weight is 625 g/mol. The molecule has 2 aliphatic carbocycles. The number of aliphatic hydroxyl groups is 8. The van der Waals surface area contributed by atoms with Crippen LogP contribution in [0, 0.1) is 11.8 Å². The number of hydrogen-bond acceptors (Lipinski definition) is 17. The SMILES string of the molecule is NC1CC(CNC[C@H]2O[C@H](C3[C@@H](N)C[C@@H](NC(CO)CO)[C@H](O[C@H]4O[C@H](CO)[C@@H](O)[C@H](N)[C@H]4O)[C@H]3O)[C@H](N)[C@@H](O)[C@@H]2O)C1. The fourth-order valence-corrected chi connectivity index (χ4v) is 6.83. The summed E-state index contributed by atoms with van der Waals surface area (Å²) < 4.78 is 17.9. The summed E-state index contributed by atoms with van der Waals surface area (Å²) in [5.41, 5.74) is 24.7. The molecule has 4 rings (SSSR count). The van der Waals surface area contributed by atoms with Crippen LogP contribution in [-0.4, -0.2) is 171 Å². The molecule has 2 saturated heterocycles. The van der Waals surface area contributed by atoms with Crippen LogP contribution in [-0.2, 0) is 14.2 Å². The Bertz CT molecular complexity index is 858. The lowest BCUT2D eigenvalue weighted by molar-refractivity contribution is -0.308. The van der Waals surface area contributed by atoms with Crippen LogP contribution in [0.5, 0.6) is 0 Å². The van der Waals surface area contributed by atoms with Crippen LogP contribution in [0.3, 0.4) is 0 Å². The first-order valence-electron chi connectivity index (χ1n) is 15.1. The van der Waals surface area contributed by atoms with Crippen molar-refractivity contribution in [2.24, 2.45) is 34.8 Å². The lowest BCUT2D eigenvalue weighted by atomic mass is 9.71. The van der Waals surface area contributed by atoms with Crippen molar-refractivity contribution in [3.63, 3.8) is 0 Å². The molecular weight excluding hydrogens is 572 g/mol. The first-order chi connectivity index (χ1) is 20.4. The Hall–Kier alpha value is -0.680. The molecule has 2 heterocycles. The first-order valence-corrected chi connectivity index (χ1v) is 15.1. The van der Waals surface area contributed by atoms with E-state index < -0.39 is 117 Å². The van der Waals surface area contributed by atoms with Crippen molar-refractivity contribution in [2.45, 2.75) is 117 Å². The maximum Gasteiger partial charge on any atom is 0.186 e. The number of nitrogens with two attached hydrogens (primary N) is 4. The van der Waals surface area contributed by atoms with E-state index in [1.807, 2.05) is 0 Å². The number of hydrogen-bond donors (Lipinski definition) is 14. The molecule has 43 heavy (non-hydrogen) atoms. The van der Waals surface area contributed by atoms with Crippen LogP contribution in [0.4, 0.5) is 0 Å². The van der Waals surface area contributed by atoms with Gasteiger partial charge in [0, 0.05) is 30.6 Å². The summed E-state index contributed by atoms with van der Waals surface area (Å²) in [6, 6.07) is -4.56. The molecule has 252 valence electrons. The van der Waals surface area contributed by atoms with Gasteiger partial charge < -0.3 is 88.6 Å². The molecule has 4 aliphatic rings. The predicted octanol–water partition coefficient (Wildman–Crippen LogP) is -7.70. The van der Waals surface area contributed by atoms with Gasteiger partial charge >= 0.3 is 0 Å². The molecule has 17 nitrogen and oxygen atoms in total. The largest absolute Gasteiger partial charge is 0.395 e. The normalized spacial score (nSPS) is 49.2. The Kier molecular flexibility index (Phi) is 12.5. The molecule has 18 N–H and O–H groups in total. The predicted molar refractivity (Wildman–Crippen MR) is 150 cm³/mol. The van der Waals surface area contributed by atoms with E-state index in [9.17, 15) is 40.9 Å². The van der Waals surface area contributed by atoms with E-state index in [-0.39, 0.29) is 19.0 Å². The summed E-state index contributed by atoms with van der Waals surface area (Å²) in [7, 11) is 0. The van der Waals surface area contributed by atoms with Gasteiger partial charge in [0.15, 0.2) is 6.29 Å². The van der Waals surface area contributed by atoms with E-state index in [4.69, 9.17) is 37.1 Å². The molecule has 17 heteroatoms. The molecule has 0 amide bonds. The summed E-state index contributed by atoms with van der Waals surface area (Å²) in [5.74, 6) is -0.531. The van der Waals surface area contributed by atoms with Gasteiger partial charge in [0.05, 0.1) is 56.3 Å². The highest BCUT2D eigenvalue weighted by molar-refractivity contribution is 5.08. The number of nitrogens with one attached hydrogen (secondary N) is 2. The Balaban J connectivity index is 1.53. The van der Waals surface area contributed by atoms with E-state index in [1.54, 1.807) is 0 Å². The number of ether oxygens (including phenoxy) is 3. The summed E-state index contributed by atoms with van der Waals surface area (Å²) in [6.45, 7) is -0.635. The van der Waals surface area contributed by atoms with Crippen molar-refractivity contribution >= 4 is 0 Å². The molecule has 0 spiro atoms. The molecule has 0 aromatic rings. The zero-order chi connectivity index (χ0) is 31.6. The minimum atomic E-state index is -1.54. The van der Waals surface area contributed by atoms with Crippen LogP contribution >= 0.6 is 0 Å². The standard InChI is InChI=1S/C26H52N6O11/c27-10-1-9(2-10)4-31-5-14-20(37)22(39)18(30)25(41-14)16-12(28)3-13(32-11(6-33)7-34)24(21(16)38)43-26-23(40)17(29)19(36)15(8-35)42-26/h9-26,31-40H,1-8,27-30H2/t9?,10?,12-,13+,14+,15+,16?,17-,18+,19+,20+,21-,22+,23+,24-,25+,26+/m0/s1. The third-order valence-electron chi connectivity index (χ3n) is 9.53. The van der Waals surface area contributed by atoms with Gasteiger partial charge in [-0.15, -0.1) is 0 Å². The van der Waals surface area contributed by atoms with Crippen molar-refractivity contribution < 1.29 is 55.1 Å². The Morgan fingerprint density at radius 1 is 0.744 bits per heavy atom. The van der Waals surface area contributed by atoms with Gasteiger partial charge in [-0.3, -0.25) is 0 Å². The maximum absolute atomic E-state index is 11.8. The second-order valence-electron chi connectivity index (χ2n) is 12.6. The topological polar surface area (TPSA) is 318 Å². The van der Waals surface area contributed by atoms with Crippen LogP contribution in [0.25, 0.3) is 0 Å². The minimum Gasteiger partial charge on any atom is -0.395 e. The molecular formula is C26H52N6O11. The van der Waals surface area contributed by atoms with Crippen LogP contribution < -0.4 is 33.6 Å². The molecule has 4 fully saturated rings. The second-order valence-corrected chi connectivity index (χ2v) is 12.6. The molecule has 0 aromatic carbocycles. The lowest BCUT2D eigenvalue weighted by Crippen LogP contribution is -2.72. The molecule has 0 radical (unpaired) electrons. The third-order valence-corrected chi connectivity index (χ3v) is 9.53. The Morgan fingerprint density at radius 3 is 2.02 bits per heavy atom. The summed E-state index contributed by atoms with van der Waals surface area (Å²) in [6.07, 6.45) is -11.0. The van der Waals surface area contributed by atoms with E-state index in [0.29, 0.717) is 12.5 Å². The van der Waals surface area contributed by atoms with Crippen molar-refractivity contribution in [2.75, 3.05) is 32.9 Å². The zero-order valence-electron chi connectivity index (χ0n) is 24.2. The fraction of sp³-hybridized carbons (Fsp3) is 1.00. The molecule has 1 unspecified atom stereocenters. The van der Waals surface area contributed by atoms with Gasteiger partial charge in [0.1, 0.15) is 36.6 Å². The molecule has 0 aromatic heterocycles. The van der Waals surface area contributed by atoms with Crippen LogP contribution in [0.15, 0.2) is 0 Å². The van der Waals surface area contributed by atoms with Gasteiger partial charge in [0.25, 0.3) is 0 Å². The molecule has 0 bridgehead atoms. The summed E-state index contributed by atoms with van der Waals surface area (Å²) in [4.78, 5) is 0. The van der Waals surface area contributed by atoms with E-state index in [2.05, 4.69) is 10.6 Å². The molecule has 2 saturated carbocycles. The van der Waals surface area contributed by atoms with Gasteiger partial charge in [-0.1, -0.05) is 0 Å². The number of rotatable bonds is 12. The van der Waals surface area contributed by atoms with E-state index in [0.717, 1.165) is 12.8 Å². The number of aliphatic hydroxyl groups excluding tert-OH is 8. The van der Waals surface area contributed by atoms with Gasteiger partial charge in [-0.2, -0.15) is 0 Å². The van der Waals surface area contributed by atoms with E-state index in [1.165, 1.54) is 0 Å². The molecule has 15 atom stereocenters. The van der Waals surface area contributed by atoms with Gasteiger partial charge in [0.2, 0.25) is 0 Å². The smallest absolute Gasteiger partial charge is 0.186 e. The Morgan fingerprint density at radius 2 is 1.42 bits per heavy atom. The summed E-state index contributed by atoms with van der Waals surface area (Å²) in [5, 5.41) is 89.6. The van der Waals surface area contributed by atoms with Crippen LogP contribution in [0.1, 0.15) is 19.3 Å². The zero-order valence-corrected chi connectivity index (χ0v) is 24.2. The lowest BCUT2D eigenvalue weighted by Gasteiger charge is -2.52. The van der Waals surface area contributed by atoms with Crippen LogP contribution in [0.2, 0.25) is 0 Å². The first kappa shape index (κ1) is 35.2. The monoisotopic (exact) mass is 624 g/mol. The van der Waals surface area contributed by atoms with Crippen molar-refractivity contribution in [1.29, 1.82) is 0 Å². The highest BCUT2D eigenvalue weighted by Gasteiger charge is 2.55. The highest BCUT2D eigenvalue weighted by atomic mass is 16.7. The maximum atomic E-state index is 11.8. The minimum absolute atomic E-state index is 0.111. The Labute approximate surface area is 250 Å². The van der Waals surface area contributed by atoms with Crippen molar-refractivity contribution in [1.82, 2.24) is 10.6 Å². The van der Waals surface area contributed by atoms with Crippen molar-refractivity contribution in [3.8, 4) is 0 Å². The summed E-state index contributed by atoms with van der Waals surface area (Å²) >= 11 is 0. The second kappa shape index (κ2) is 15.3. The van der Waals surface area contributed by atoms with Crippen molar-refractivity contribution in [3.05, 3.63) is 0 Å². The van der Waals surface area contributed by atoms with E-state index >= 15 is 0 Å². The quantitative estimate of drug-likeness (QED) is 0.0958. The fourth-order valence-electron chi connectivity index (χ4n) is 6.83. The molecule has 2 aliphatic heterocycles. The highest BCUT2D eigenvalue weighted by Crippen LogP contribution is 2.37. The third kappa shape index (κ3) is 7.66. The van der Waals surface area contributed by atoms with Gasteiger partial charge in [-0.05, 0) is 31.7 Å².